The van der Waals surface area contributed by atoms with Crippen LogP contribution in [-0.4, -0.2) is 33.4 Å². The van der Waals surface area contributed by atoms with Crippen molar-refractivity contribution in [3.05, 3.63) is 105 Å². The van der Waals surface area contributed by atoms with Gasteiger partial charge in [0, 0.05) is 5.02 Å². The lowest BCUT2D eigenvalue weighted by Crippen LogP contribution is -2.23. The molecular weight excluding hydrogens is 440 g/mol. The van der Waals surface area contributed by atoms with E-state index in [1.54, 1.807) is 33.4 Å². The van der Waals surface area contributed by atoms with E-state index >= 15 is 0 Å². The molecule has 33 heavy (non-hydrogen) atoms. The van der Waals surface area contributed by atoms with Gasteiger partial charge in [0.25, 0.3) is 0 Å². The van der Waals surface area contributed by atoms with Crippen LogP contribution in [-0.2, 0) is 11.3 Å². The lowest BCUT2D eigenvalue weighted by molar-refractivity contribution is 0.0696. The van der Waals surface area contributed by atoms with Crippen molar-refractivity contribution in [2.75, 3.05) is 13.2 Å². The summed E-state index contributed by atoms with van der Waals surface area (Å²) in [5.74, 6) is -1.00. The maximum Gasteiger partial charge on any atom is 0.335 e. The van der Waals surface area contributed by atoms with Crippen molar-refractivity contribution >= 4 is 34.2 Å². The Morgan fingerprint density at radius 3 is 2.58 bits per heavy atom. The van der Waals surface area contributed by atoms with Crippen molar-refractivity contribution in [2.45, 2.75) is 13.0 Å². The monoisotopic (exact) mass is 460 g/mol. The molecule has 0 aliphatic carbocycles. The zero-order valence-corrected chi connectivity index (χ0v) is 18.5. The highest BCUT2D eigenvalue weighted by molar-refractivity contribution is 6.31. The largest absolute Gasteiger partial charge is 0.478 e. The fourth-order valence-corrected chi connectivity index (χ4v) is 4.40. The van der Waals surface area contributed by atoms with Gasteiger partial charge in [0.1, 0.15) is 0 Å². The number of hydrogen-bond donors (Lipinski definition) is 1. The standard InChI is InChI=1S/C26H21ClN2O4/c27-21-6-9-23-24(15-21)29(22-7-4-18(5-8-22)19-10-12-33-13-11-19)26(32)28(23)16-17-2-1-3-20(14-17)25(30)31/h1-10,14-15H,11-13,16H2,(H,30,31). The predicted molar refractivity (Wildman–Crippen MR) is 128 cm³/mol. The van der Waals surface area contributed by atoms with E-state index in [9.17, 15) is 14.7 Å². The second-order valence-corrected chi connectivity index (χ2v) is 8.38. The molecule has 0 amide bonds. The fourth-order valence-electron chi connectivity index (χ4n) is 4.23. The average Bonchev–Trinajstić information content (AvgIpc) is 3.10. The average molecular weight is 461 g/mol. The molecule has 0 bridgehead atoms. The topological polar surface area (TPSA) is 73.5 Å². The van der Waals surface area contributed by atoms with Crippen LogP contribution < -0.4 is 5.69 Å². The zero-order chi connectivity index (χ0) is 22.9. The molecule has 7 heteroatoms. The number of benzene rings is 3. The van der Waals surface area contributed by atoms with E-state index in [-0.39, 0.29) is 17.8 Å². The number of fused-ring (bicyclic) bond motifs is 1. The summed E-state index contributed by atoms with van der Waals surface area (Å²) in [5, 5.41) is 9.84. The van der Waals surface area contributed by atoms with E-state index in [1.807, 2.05) is 36.4 Å². The lowest BCUT2D eigenvalue weighted by atomic mass is 10.0. The van der Waals surface area contributed by atoms with E-state index in [4.69, 9.17) is 16.3 Å². The van der Waals surface area contributed by atoms with Crippen molar-refractivity contribution in [3.63, 3.8) is 0 Å². The Bertz CT molecular complexity index is 1450. The molecule has 0 spiro atoms. The summed E-state index contributed by atoms with van der Waals surface area (Å²) < 4.78 is 8.68. The minimum atomic E-state index is -1.00. The third-order valence-electron chi connectivity index (χ3n) is 5.87. The number of rotatable bonds is 5. The van der Waals surface area contributed by atoms with E-state index in [0.717, 1.165) is 28.8 Å². The van der Waals surface area contributed by atoms with Crippen molar-refractivity contribution in [3.8, 4) is 5.69 Å². The van der Waals surface area contributed by atoms with Crippen LogP contribution in [0.4, 0.5) is 0 Å². The van der Waals surface area contributed by atoms with Crippen LogP contribution in [0, 0.1) is 0 Å². The van der Waals surface area contributed by atoms with Gasteiger partial charge in [0.2, 0.25) is 0 Å². The van der Waals surface area contributed by atoms with Gasteiger partial charge in [-0.2, -0.15) is 0 Å². The summed E-state index contributed by atoms with van der Waals surface area (Å²) in [5.41, 5.74) is 5.21. The van der Waals surface area contributed by atoms with Gasteiger partial charge in [0.05, 0.1) is 42.0 Å². The molecule has 4 aromatic rings. The van der Waals surface area contributed by atoms with Crippen molar-refractivity contribution < 1.29 is 14.6 Å². The first-order valence-electron chi connectivity index (χ1n) is 10.6. The van der Waals surface area contributed by atoms with Gasteiger partial charge < -0.3 is 9.84 Å². The third kappa shape index (κ3) is 4.11. The molecule has 1 aromatic heterocycles. The first-order valence-corrected chi connectivity index (χ1v) is 11.0. The first-order chi connectivity index (χ1) is 16.0. The highest BCUT2D eigenvalue weighted by Crippen LogP contribution is 2.25. The smallest absolute Gasteiger partial charge is 0.335 e. The summed E-state index contributed by atoms with van der Waals surface area (Å²) in [7, 11) is 0. The van der Waals surface area contributed by atoms with Crippen molar-refractivity contribution in [2.24, 2.45) is 0 Å². The van der Waals surface area contributed by atoms with Crippen molar-refractivity contribution in [1.82, 2.24) is 9.13 Å². The van der Waals surface area contributed by atoms with Gasteiger partial charge in [-0.25, -0.2) is 9.59 Å². The summed E-state index contributed by atoms with van der Waals surface area (Å²) in [6, 6.07) is 19.9. The molecule has 1 aliphatic heterocycles. The number of carboxylic acid groups (broad SMARTS) is 1. The van der Waals surface area contributed by atoms with Crippen LogP contribution in [0.15, 0.2) is 77.6 Å². The molecule has 0 fully saturated rings. The Labute approximate surface area is 194 Å². The number of ether oxygens (including phenoxy) is 1. The molecule has 5 rings (SSSR count). The van der Waals surface area contributed by atoms with E-state index in [1.165, 1.54) is 11.6 Å². The molecule has 1 N–H and O–H groups in total. The maximum atomic E-state index is 13.5. The van der Waals surface area contributed by atoms with Crippen LogP contribution in [0.1, 0.15) is 27.9 Å². The molecule has 0 saturated carbocycles. The maximum absolute atomic E-state index is 13.5. The molecule has 3 aromatic carbocycles. The summed E-state index contributed by atoms with van der Waals surface area (Å²) in [4.78, 5) is 24.9. The van der Waals surface area contributed by atoms with E-state index < -0.39 is 5.97 Å². The Kier molecular flexibility index (Phi) is 5.62. The number of aromatic nitrogens is 2. The van der Waals surface area contributed by atoms with Gasteiger partial charge in [-0.15, -0.1) is 0 Å². The van der Waals surface area contributed by atoms with Crippen LogP contribution in [0.25, 0.3) is 22.3 Å². The van der Waals surface area contributed by atoms with E-state index in [0.29, 0.717) is 23.8 Å². The molecule has 1 aliphatic rings. The molecule has 6 nitrogen and oxygen atoms in total. The SMILES string of the molecule is O=C(O)c1cccc(Cn2c(=O)n(-c3ccc(C4=CCOCC4)cc3)c3cc(Cl)ccc32)c1. The highest BCUT2D eigenvalue weighted by atomic mass is 35.5. The summed E-state index contributed by atoms with van der Waals surface area (Å²) >= 11 is 6.27. The molecule has 0 radical (unpaired) electrons. The fraction of sp³-hybridized carbons (Fsp3) is 0.154. The quantitative estimate of drug-likeness (QED) is 0.455. The number of carboxylic acids is 1. The molecule has 0 unspecified atom stereocenters. The van der Waals surface area contributed by atoms with Gasteiger partial charge in [-0.3, -0.25) is 9.13 Å². The van der Waals surface area contributed by atoms with Crippen LogP contribution in [0.2, 0.25) is 5.02 Å². The Morgan fingerprint density at radius 2 is 1.85 bits per heavy atom. The number of hydrogen-bond acceptors (Lipinski definition) is 3. The van der Waals surface area contributed by atoms with Gasteiger partial charge >= 0.3 is 11.7 Å². The second-order valence-electron chi connectivity index (χ2n) is 7.94. The first kappa shape index (κ1) is 21.2. The second kappa shape index (κ2) is 8.73. The molecule has 0 atom stereocenters. The Hall–Kier alpha value is -3.61. The molecule has 0 saturated heterocycles. The molecular formula is C26H21ClN2O4. The van der Waals surface area contributed by atoms with Crippen LogP contribution >= 0.6 is 11.6 Å². The highest BCUT2D eigenvalue weighted by Gasteiger charge is 2.16. The number of carbonyl (C=O) groups is 1. The number of imidazole rings is 1. The van der Waals surface area contributed by atoms with Crippen LogP contribution in [0.3, 0.4) is 0 Å². The third-order valence-corrected chi connectivity index (χ3v) is 6.10. The molecule has 2 heterocycles. The summed E-state index contributed by atoms with van der Waals surface area (Å²) in [6.07, 6.45) is 2.95. The van der Waals surface area contributed by atoms with E-state index in [2.05, 4.69) is 6.08 Å². The minimum absolute atomic E-state index is 0.185. The normalized spacial score (nSPS) is 13.8. The lowest BCUT2D eigenvalue weighted by Gasteiger charge is -2.14. The zero-order valence-electron chi connectivity index (χ0n) is 17.7. The summed E-state index contributed by atoms with van der Waals surface area (Å²) in [6.45, 7) is 1.57. The Balaban J connectivity index is 1.60. The van der Waals surface area contributed by atoms with Gasteiger partial charge in [0.15, 0.2) is 0 Å². The van der Waals surface area contributed by atoms with Crippen LogP contribution in [0.5, 0.6) is 0 Å². The van der Waals surface area contributed by atoms with Crippen molar-refractivity contribution in [1.29, 1.82) is 0 Å². The minimum Gasteiger partial charge on any atom is -0.478 e. The molecule has 166 valence electrons. The number of aromatic carboxylic acids is 1. The predicted octanol–water partition coefficient (Wildman–Crippen LogP) is 5.00. The number of halogens is 1. The van der Waals surface area contributed by atoms with Gasteiger partial charge in [-0.1, -0.05) is 41.9 Å². The van der Waals surface area contributed by atoms with Gasteiger partial charge in [-0.05, 0) is 65.6 Å². The number of nitrogens with zero attached hydrogens (tertiary/aromatic N) is 2. The Morgan fingerprint density at radius 1 is 1.03 bits per heavy atom.